The van der Waals surface area contributed by atoms with E-state index < -0.39 is 0 Å². The number of nitro groups is 1. The lowest BCUT2D eigenvalue weighted by Crippen LogP contribution is -2.39. The van der Waals surface area contributed by atoms with E-state index >= 15 is 0 Å². The first-order valence-electron chi connectivity index (χ1n) is 6.92. The first kappa shape index (κ1) is 13.3. The van der Waals surface area contributed by atoms with Crippen molar-refractivity contribution in [2.75, 3.05) is 19.7 Å². The second kappa shape index (κ2) is 5.34. The van der Waals surface area contributed by atoms with Gasteiger partial charge < -0.3 is 10.1 Å². The highest BCUT2D eigenvalue weighted by atomic mass is 16.6. The number of hydrogen-bond acceptors (Lipinski definition) is 4. The Kier molecular flexibility index (Phi) is 3.54. The quantitative estimate of drug-likeness (QED) is 0.519. The van der Waals surface area contributed by atoms with Gasteiger partial charge in [-0.1, -0.05) is 18.7 Å². The molecule has 1 saturated heterocycles. The van der Waals surface area contributed by atoms with Crippen molar-refractivity contribution in [3.8, 4) is 0 Å². The summed E-state index contributed by atoms with van der Waals surface area (Å²) >= 11 is 0. The van der Waals surface area contributed by atoms with Gasteiger partial charge in [0.2, 0.25) is 0 Å². The van der Waals surface area contributed by atoms with Crippen molar-refractivity contribution in [1.29, 1.82) is 0 Å². The van der Waals surface area contributed by atoms with E-state index in [1.807, 2.05) is 6.07 Å². The van der Waals surface area contributed by atoms with Crippen molar-refractivity contribution in [3.63, 3.8) is 0 Å². The average Bonchev–Trinajstić information content (AvgIpc) is 3.28. The van der Waals surface area contributed by atoms with Crippen molar-refractivity contribution in [1.82, 2.24) is 5.32 Å². The number of non-ortho nitro benzene ring substituents is 1. The highest BCUT2D eigenvalue weighted by Gasteiger charge is 2.43. The van der Waals surface area contributed by atoms with Crippen molar-refractivity contribution < 1.29 is 9.66 Å². The minimum absolute atomic E-state index is 0.0810. The van der Waals surface area contributed by atoms with Gasteiger partial charge in [-0.05, 0) is 29.4 Å². The molecule has 3 rings (SSSR count). The molecule has 0 bridgehead atoms. The van der Waals surface area contributed by atoms with Crippen LogP contribution < -0.4 is 5.32 Å². The molecule has 1 aromatic carbocycles. The van der Waals surface area contributed by atoms with Crippen LogP contribution in [0.5, 0.6) is 0 Å². The summed E-state index contributed by atoms with van der Waals surface area (Å²) in [5.74, 6) is 0.745. The molecule has 0 aromatic heterocycles. The molecule has 1 aliphatic carbocycles. The van der Waals surface area contributed by atoms with Gasteiger partial charge >= 0.3 is 0 Å². The number of benzene rings is 1. The fourth-order valence-electron chi connectivity index (χ4n) is 2.88. The Labute approximate surface area is 117 Å². The zero-order chi connectivity index (χ0) is 14.1. The third-order valence-corrected chi connectivity index (χ3v) is 4.12. The Bertz CT molecular complexity index is 538. The SMILES string of the molecule is C=C(C1CNCCO1)C1CC1c1cccc([N+](=O)[O-])c1. The van der Waals surface area contributed by atoms with E-state index in [1.54, 1.807) is 12.1 Å². The second-order valence-corrected chi connectivity index (χ2v) is 5.44. The van der Waals surface area contributed by atoms with Crippen LogP contribution in [-0.4, -0.2) is 30.7 Å². The lowest BCUT2D eigenvalue weighted by Gasteiger charge is -2.25. The van der Waals surface area contributed by atoms with Crippen LogP contribution in [0.4, 0.5) is 5.69 Å². The minimum Gasteiger partial charge on any atom is -0.371 e. The van der Waals surface area contributed by atoms with Crippen LogP contribution in [0.2, 0.25) is 0 Å². The van der Waals surface area contributed by atoms with Crippen LogP contribution in [0.3, 0.4) is 0 Å². The number of morpholine rings is 1. The lowest BCUT2D eigenvalue weighted by atomic mass is 10.0. The molecular formula is C15H18N2O3. The predicted molar refractivity (Wildman–Crippen MR) is 75.7 cm³/mol. The third-order valence-electron chi connectivity index (χ3n) is 4.12. The van der Waals surface area contributed by atoms with Crippen LogP contribution in [0.15, 0.2) is 36.4 Å². The molecular weight excluding hydrogens is 256 g/mol. The largest absolute Gasteiger partial charge is 0.371 e. The molecule has 1 aromatic rings. The number of nitrogens with one attached hydrogen (secondary N) is 1. The molecule has 2 fully saturated rings. The lowest BCUT2D eigenvalue weighted by molar-refractivity contribution is -0.384. The molecule has 1 N–H and O–H groups in total. The van der Waals surface area contributed by atoms with Gasteiger partial charge in [0.1, 0.15) is 0 Å². The maximum atomic E-state index is 10.8. The Morgan fingerprint density at radius 1 is 1.50 bits per heavy atom. The van der Waals surface area contributed by atoms with E-state index in [-0.39, 0.29) is 16.7 Å². The molecule has 1 heterocycles. The maximum absolute atomic E-state index is 10.8. The zero-order valence-electron chi connectivity index (χ0n) is 11.2. The first-order valence-corrected chi connectivity index (χ1v) is 6.92. The number of ether oxygens (including phenoxy) is 1. The fourth-order valence-corrected chi connectivity index (χ4v) is 2.88. The van der Waals surface area contributed by atoms with Gasteiger partial charge in [-0.25, -0.2) is 0 Å². The van der Waals surface area contributed by atoms with Crippen LogP contribution in [0, 0.1) is 16.0 Å². The molecule has 1 aliphatic heterocycles. The highest BCUT2D eigenvalue weighted by Crippen LogP contribution is 2.52. The summed E-state index contributed by atoms with van der Waals surface area (Å²) in [5, 5.41) is 14.1. The van der Waals surface area contributed by atoms with Gasteiger partial charge in [-0.15, -0.1) is 0 Å². The van der Waals surface area contributed by atoms with Gasteiger partial charge in [0.05, 0.1) is 17.6 Å². The zero-order valence-corrected chi connectivity index (χ0v) is 11.2. The summed E-state index contributed by atoms with van der Waals surface area (Å²) in [5.41, 5.74) is 2.32. The number of hydrogen-bond donors (Lipinski definition) is 1. The fraction of sp³-hybridized carbons (Fsp3) is 0.467. The Hall–Kier alpha value is -1.72. The molecule has 106 valence electrons. The molecule has 0 radical (unpaired) electrons. The molecule has 3 atom stereocenters. The van der Waals surface area contributed by atoms with Crippen LogP contribution in [0.1, 0.15) is 17.9 Å². The van der Waals surface area contributed by atoms with Gasteiger partial charge in [0.25, 0.3) is 5.69 Å². The van der Waals surface area contributed by atoms with Crippen LogP contribution in [-0.2, 0) is 4.74 Å². The summed E-state index contributed by atoms with van der Waals surface area (Å²) in [6.07, 6.45) is 1.09. The molecule has 0 spiro atoms. The van der Waals surface area contributed by atoms with Gasteiger partial charge in [-0.3, -0.25) is 10.1 Å². The van der Waals surface area contributed by atoms with Crippen molar-refractivity contribution in [2.45, 2.75) is 18.4 Å². The van der Waals surface area contributed by atoms with Crippen molar-refractivity contribution in [2.24, 2.45) is 5.92 Å². The number of nitrogens with zero attached hydrogens (tertiary/aromatic N) is 1. The van der Waals surface area contributed by atoms with E-state index in [9.17, 15) is 10.1 Å². The van der Waals surface area contributed by atoms with E-state index in [2.05, 4.69) is 11.9 Å². The summed E-state index contributed by atoms with van der Waals surface area (Å²) in [4.78, 5) is 10.5. The Morgan fingerprint density at radius 2 is 2.35 bits per heavy atom. The molecule has 5 nitrogen and oxygen atoms in total. The van der Waals surface area contributed by atoms with E-state index in [4.69, 9.17) is 4.74 Å². The predicted octanol–water partition coefficient (Wildman–Crippen LogP) is 2.24. The molecule has 20 heavy (non-hydrogen) atoms. The average molecular weight is 274 g/mol. The minimum atomic E-state index is -0.343. The van der Waals surface area contributed by atoms with Gasteiger partial charge in [0, 0.05) is 25.2 Å². The molecule has 1 saturated carbocycles. The third kappa shape index (κ3) is 2.59. The maximum Gasteiger partial charge on any atom is 0.269 e. The topological polar surface area (TPSA) is 64.4 Å². The second-order valence-electron chi connectivity index (χ2n) is 5.44. The van der Waals surface area contributed by atoms with Gasteiger partial charge in [0.15, 0.2) is 0 Å². The Morgan fingerprint density at radius 3 is 3.05 bits per heavy atom. The standard InChI is InChI=1S/C15H18N2O3/c1-10(15-9-16-5-6-20-15)13-8-14(13)11-3-2-4-12(7-11)17(18)19/h2-4,7,13-16H,1,5-6,8-9H2. The van der Waals surface area contributed by atoms with E-state index in [0.29, 0.717) is 11.8 Å². The molecule has 0 amide bonds. The highest BCUT2D eigenvalue weighted by molar-refractivity contribution is 5.40. The van der Waals surface area contributed by atoms with E-state index in [0.717, 1.165) is 37.3 Å². The van der Waals surface area contributed by atoms with Crippen molar-refractivity contribution >= 4 is 5.69 Å². The molecule has 3 unspecified atom stereocenters. The van der Waals surface area contributed by atoms with E-state index in [1.165, 1.54) is 6.07 Å². The molecule has 5 heteroatoms. The normalized spacial score (nSPS) is 28.9. The first-order chi connectivity index (χ1) is 9.66. The Balaban J connectivity index is 1.67. The summed E-state index contributed by atoms with van der Waals surface area (Å²) in [6.45, 7) is 6.60. The summed E-state index contributed by atoms with van der Waals surface area (Å²) in [7, 11) is 0. The summed E-state index contributed by atoms with van der Waals surface area (Å²) in [6, 6.07) is 6.93. The van der Waals surface area contributed by atoms with Crippen LogP contribution in [0.25, 0.3) is 0 Å². The molecule has 2 aliphatic rings. The van der Waals surface area contributed by atoms with Crippen LogP contribution >= 0.6 is 0 Å². The van der Waals surface area contributed by atoms with Gasteiger partial charge in [-0.2, -0.15) is 0 Å². The number of nitro benzene ring substituents is 1. The van der Waals surface area contributed by atoms with Crippen molar-refractivity contribution in [3.05, 3.63) is 52.1 Å². The smallest absolute Gasteiger partial charge is 0.269 e. The number of rotatable bonds is 4. The summed E-state index contributed by atoms with van der Waals surface area (Å²) < 4.78 is 5.72. The monoisotopic (exact) mass is 274 g/mol.